The van der Waals surface area contributed by atoms with Crippen LogP contribution in [0, 0.1) is 0 Å². The molecular formula is C9H18N2O4. The lowest BCUT2D eigenvalue weighted by atomic mass is 10.2. The summed E-state index contributed by atoms with van der Waals surface area (Å²) < 4.78 is 4.73. The number of rotatable bonds is 8. The van der Waals surface area contributed by atoms with E-state index < -0.39 is 12.0 Å². The molecule has 0 aliphatic rings. The molecule has 0 aromatic heterocycles. The first-order valence-electron chi connectivity index (χ1n) is 4.82. The Morgan fingerprint density at radius 2 is 2.20 bits per heavy atom. The first-order valence-corrected chi connectivity index (χ1v) is 4.82. The van der Waals surface area contributed by atoms with Crippen LogP contribution >= 0.6 is 0 Å². The minimum atomic E-state index is -1.01. The Labute approximate surface area is 88.8 Å². The summed E-state index contributed by atoms with van der Waals surface area (Å²) in [4.78, 5) is 21.4. The molecule has 0 aromatic carbocycles. The highest BCUT2D eigenvalue weighted by Gasteiger charge is 2.10. The number of carbonyl (C=O) groups is 2. The number of ether oxygens (including phenoxy) is 1. The van der Waals surface area contributed by atoms with E-state index in [1.165, 1.54) is 7.11 Å². The van der Waals surface area contributed by atoms with E-state index in [2.05, 4.69) is 5.32 Å². The van der Waals surface area contributed by atoms with Crippen LogP contribution in [-0.2, 0) is 14.3 Å². The van der Waals surface area contributed by atoms with E-state index in [-0.39, 0.29) is 5.91 Å². The number of carboxylic acid groups (broad SMARTS) is 1. The molecule has 1 amide bonds. The number of methoxy groups -OCH3 is 1. The van der Waals surface area contributed by atoms with Crippen LogP contribution in [0.25, 0.3) is 0 Å². The SMILES string of the molecule is COCCC(=O)NCCCC(N)C(=O)O. The van der Waals surface area contributed by atoms with Crippen LogP contribution in [0.3, 0.4) is 0 Å². The van der Waals surface area contributed by atoms with Crippen molar-refractivity contribution in [2.75, 3.05) is 20.3 Å². The highest BCUT2D eigenvalue weighted by atomic mass is 16.5. The summed E-state index contributed by atoms with van der Waals surface area (Å²) in [5.74, 6) is -1.11. The molecule has 6 nitrogen and oxygen atoms in total. The van der Waals surface area contributed by atoms with Crippen molar-refractivity contribution in [3.05, 3.63) is 0 Å². The van der Waals surface area contributed by atoms with Crippen molar-refractivity contribution in [3.8, 4) is 0 Å². The van der Waals surface area contributed by atoms with Crippen molar-refractivity contribution >= 4 is 11.9 Å². The molecule has 0 fully saturated rings. The van der Waals surface area contributed by atoms with Crippen LogP contribution in [-0.4, -0.2) is 43.3 Å². The summed E-state index contributed by atoms with van der Waals surface area (Å²) in [6, 6.07) is -0.846. The fraction of sp³-hybridized carbons (Fsp3) is 0.778. The third kappa shape index (κ3) is 7.90. The van der Waals surface area contributed by atoms with Crippen LogP contribution in [0.5, 0.6) is 0 Å². The van der Waals surface area contributed by atoms with E-state index in [4.69, 9.17) is 15.6 Å². The normalized spacial score (nSPS) is 12.1. The molecule has 1 atom stereocenters. The molecule has 0 saturated heterocycles. The lowest BCUT2D eigenvalue weighted by molar-refractivity contribution is -0.138. The first kappa shape index (κ1) is 13.9. The van der Waals surface area contributed by atoms with Gasteiger partial charge in [-0.2, -0.15) is 0 Å². The summed E-state index contributed by atoms with van der Waals surface area (Å²) in [6.07, 6.45) is 1.24. The highest BCUT2D eigenvalue weighted by Crippen LogP contribution is 1.93. The summed E-state index contributed by atoms with van der Waals surface area (Å²) in [6.45, 7) is 0.837. The van der Waals surface area contributed by atoms with E-state index in [0.717, 1.165) is 0 Å². The predicted octanol–water partition coefficient (Wildman–Crippen LogP) is -0.669. The number of nitrogens with two attached hydrogens (primary N) is 1. The van der Waals surface area contributed by atoms with E-state index in [0.29, 0.717) is 32.4 Å². The molecule has 0 bridgehead atoms. The van der Waals surface area contributed by atoms with Crippen molar-refractivity contribution in [2.24, 2.45) is 5.73 Å². The Bertz CT molecular complexity index is 208. The molecule has 1 unspecified atom stereocenters. The molecule has 88 valence electrons. The molecule has 0 aliphatic carbocycles. The van der Waals surface area contributed by atoms with Gasteiger partial charge in [0.2, 0.25) is 5.91 Å². The number of carbonyl (C=O) groups excluding carboxylic acids is 1. The first-order chi connectivity index (χ1) is 7.07. The monoisotopic (exact) mass is 218 g/mol. The topological polar surface area (TPSA) is 102 Å². The minimum Gasteiger partial charge on any atom is -0.480 e. The highest BCUT2D eigenvalue weighted by molar-refractivity contribution is 5.76. The summed E-state index contributed by atoms with van der Waals surface area (Å²) in [7, 11) is 1.53. The van der Waals surface area contributed by atoms with Crippen LogP contribution in [0.15, 0.2) is 0 Å². The summed E-state index contributed by atoms with van der Waals surface area (Å²) >= 11 is 0. The quantitative estimate of drug-likeness (QED) is 0.469. The van der Waals surface area contributed by atoms with Gasteiger partial charge in [0.05, 0.1) is 6.61 Å². The van der Waals surface area contributed by atoms with Crippen molar-refractivity contribution in [3.63, 3.8) is 0 Å². The minimum absolute atomic E-state index is 0.0965. The zero-order valence-electron chi connectivity index (χ0n) is 8.86. The van der Waals surface area contributed by atoms with Crippen LogP contribution in [0.2, 0.25) is 0 Å². The third-order valence-electron chi connectivity index (χ3n) is 1.86. The standard InChI is InChI=1S/C9H18N2O4/c1-15-6-4-8(12)11-5-2-3-7(10)9(13)14/h7H,2-6,10H2,1H3,(H,11,12)(H,13,14). The second kappa shape index (κ2) is 8.19. The van der Waals surface area contributed by atoms with Crippen molar-refractivity contribution < 1.29 is 19.4 Å². The van der Waals surface area contributed by atoms with Gasteiger partial charge in [0.1, 0.15) is 6.04 Å². The second-order valence-electron chi connectivity index (χ2n) is 3.18. The van der Waals surface area contributed by atoms with Crippen molar-refractivity contribution in [1.29, 1.82) is 0 Å². The summed E-state index contributed by atoms with van der Waals surface area (Å²) in [5, 5.41) is 11.1. The zero-order valence-corrected chi connectivity index (χ0v) is 8.86. The largest absolute Gasteiger partial charge is 0.480 e. The van der Waals surface area contributed by atoms with Crippen LogP contribution in [0.1, 0.15) is 19.3 Å². The van der Waals surface area contributed by atoms with E-state index in [1.54, 1.807) is 0 Å². The van der Waals surface area contributed by atoms with Gasteiger partial charge in [-0.3, -0.25) is 9.59 Å². The molecule has 4 N–H and O–H groups in total. The van der Waals surface area contributed by atoms with Gasteiger partial charge in [0.25, 0.3) is 0 Å². The number of hydrogen-bond donors (Lipinski definition) is 3. The van der Waals surface area contributed by atoms with Gasteiger partial charge >= 0.3 is 5.97 Å². The maximum absolute atomic E-state index is 11.0. The lowest BCUT2D eigenvalue weighted by Gasteiger charge is -2.07. The van der Waals surface area contributed by atoms with Crippen LogP contribution < -0.4 is 11.1 Å². The molecule has 0 radical (unpaired) electrons. The van der Waals surface area contributed by atoms with Crippen molar-refractivity contribution in [2.45, 2.75) is 25.3 Å². The van der Waals surface area contributed by atoms with E-state index in [9.17, 15) is 9.59 Å². The number of aliphatic carboxylic acids is 1. The van der Waals surface area contributed by atoms with Gasteiger partial charge in [-0.1, -0.05) is 0 Å². The van der Waals surface area contributed by atoms with Gasteiger partial charge in [0, 0.05) is 20.1 Å². The van der Waals surface area contributed by atoms with Gasteiger partial charge in [-0.25, -0.2) is 0 Å². The predicted molar refractivity (Wildman–Crippen MR) is 54.3 cm³/mol. The van der Waals surface area contributed by atoms with E-state index in [1.807, 2.05) is 0 Å². The molecule has 15 heavy (non-hydrogen) atoms. The summed E-state index contributed by atoms with van der Waals surface area (Å²) in [5.41, 5.74) is 5.28. The smallest absolute Gasteiger partial charge is 0.320 e. The average molecular weight is 218 g/mol. The van der Waals surface area contributed by atoms with Crippen molar-refractivity contribution in [1.82, 2.24) is 5.32 Å². The second-order valence-corrected chi connectivity index (χ2v) is 3.18. The third-order valence-corrected chi connectivity index (χ3v) is 1.86. The van der Waals surface area contributed by atoms with Gasteiger partial charge in [0.15, 0.2) is 0 Å². The number of carboxylic acids is 1. The Kier molecular flexibility index (Phi) is 7.57. The Hall–Kier alpha value is -1.14. The Morgan fingerprint density at radius 3 is 2.73 bits per heavy atom. The maximum atomic E-state index is 11.0. The van der Waals surface area contributed by atoms with E-state index >= 15 is 0 Å². The fourth-order valence-electron chi connectivity index (χ4n) is 0.956. The maximum Gasteiger partial charge on any atom is 0.320 e. The average Bonchev–Trinajstić information content (AvgIpc) is 2.20. The molecule has 6 heteroatoms. The Morgan fingerprint density at radius 1 is 1.53 bits per heavy atom. The lowest BCUT2D eigenvalue weighted by Crippen LogP contribution is -2.32. The zero-order chi connectivity index (χ0) is 11.7. The molecule has 0 spiro atoms. The number of amides is 1. The molecule has 0 saturated carbocycles. The van der Waals surface area contributed by atoms with Gasteiger partial charge in [-0.05, 0) is 12.8 Å². The van der Waals surface area contributed by atoms with Crippen LogP contribution in [0.4, 0.5) is 0 Å². The van der Waals surface area contributed by atoms with Gasteiger partial charge in [-0.15, -0.1) is 0 Å². The molecular weight excluding hydrogens is 200 g/mol. The molecule has 0 heterocycles. The molecule has 0 aromatic rings. The Balaban J connectivity index is 3.38. The molecule has 0 rings (SSSR count). The molecule has 0 aliphatic heterocycles. The van der Waals surface area contributed by atoms with Gasteiger partial charge < -0.3 is 20.9 Å². The number of hydrogen-bond acceptors (Lipinski definition) is 4. The fourth-order valence-corrected chi connectivity index (χ4v) is 0.956. The number of nitrogens with one attached hydrogen (secondary N) is 1.